The molecule has 1 N–H and O–H groups in total. The van der Waals surface area contributed by atoms with Crippen molar-refractivity contribution in [3.63, 3.8) is 0 Å². The number of carbonyl (C=O) groups is 1. The van der Waals surface area contributed by atoms with Crippen LogP contribution in [-0.4, -0.2) is 33.9 Å². The first-order valence-corrected chi connectivity index (χ1v) is 9.44. The Morgan fingerprint density at radius 3 is 2.62 bits per heavy atom. The van der Waals surface area contributed by atoms with Crippen LogP contribution in [0, 0.1) is 0 Å². The highest BCUT2D eigenvalue weighted by Crippen LogP contribution is 2.19. The summed E-state index contributed by atoms with van der Waals surface area (Å²) in [4.78, 5) is 23.2. The van der Waals surface area contributed by atoms with Gasteiger partial charge >= 0.3 is 0 Å². The minimum absolute atomic E-state index is 0.00102. The van der Waals surface area contributed by atoms with Crippen LogP contribution >= 0.6 is 11.3 Å². The van der Waals surface area contributed by atoms with E-state index in [4.69, 9.17) is 0 Å². The molecular formula is C20H22N4OS. The van der Waals surface area contributed by atoms with E-state index in [0.717, 1.165) is 16.9 Å². The molecule has 3 rings (SSSR count). The molecule has 0 bridgehead atoms. The van der Waals surface area contributed by atoms with Crippen molar-refractivity contribution in [3.05, 3.63) is 64.5 Å². The van der Waals surface area contributed by atoms with Gasteiger partial charge in [-0.15, -0.1) is 0 Å². The summed E-state index contributed by atoms with van der Waals surface area (Å²) in [5, 5.41) is 7.35. The molecule has 0 aliphatic rings. The van der Waals surface area contributed by atoms with Crippen molar-refractivity contribution in [2.24, 2.45) is 0 Å². The fourth-order valence-corrected chi connectivity index (χ4v) is 3.24. The average molecular weight is 366 g/mol. The highest BCUT2D eigenvalue weighted by Gasteiger charge is 2.13. The number of aromatic nitrogens is 2. The standard InChI is InChI=1S/C20H22N4OS/c1-14(2)22-18-8-10-21-19(23-18)16-4-6-17(7-5-16)20(25)24(3)12-15-9-11-26-13-15/h4-11,13-14H,12H2,1-3H3,(H,21,22,23). The summed E-state index contributed by atoms with van der Waals surface area (Å²) in [7, 11) is 1.82. The van der Waals surface area contributed by atoms with Crippen LogP contribution in [0.3, 0.4) is 0 Å². The van der Waals surface area contributed by atoms with Crippen molar-refractivity contribution in [2.45, 2.75) is 26.4 Å². The van der Waals surface area contributed by atoms with E-state index >= 15 is 0 Å². The lowest BCUT2D eigenvalue weighted by molar-refractivity contribution is 0.0785. The van der Waals surface area contributed by atoms with E-state index in [0.29, 0.717) is 24.0 Å². The van der Waals surface area contributed by atoms with Crippen molar-refractivity contribution >= 4 is 23.1 Å². The Labute approximate surface area is 157 Å². The van der Waals surface area contributed by atoms with Gasteiger partial charge in [0, 0.05) is 37.0 Å². The minimum atomic E-state index is -0.00102. The maximum absolute atomic E-state index is 12.6. The second-order valence-electron chi connectivity index (χ2n) is 6.43. The third-order valence-corrected chi connectivity index (χ3v) is 4.56. The smallest absolute Gasteiger partial charge is 0.253 e. The lowest BCUT2D eigenvalue weighted by Crippen LogP contribution is -2.25. The Morgan fingerprint density at radius 1 is 1.19 bits per heavy atom. The minimum Gasteiger partial charge on any atom is -0.368 e. The molecule has 2 heterocycles. The molecule has 0 saturated carbocycles. The molecule has 0 fully saturated rings. The predicted octanol–water partition coefficient (Wildman–Crippen LogP) is 4.30. The molecule has 0 unspecified atom stereocenters. The van der Waals surface area contributed by atoms with Gasteiger partial charge in [0.25, 0.3) is 5.91 Å². The zero-order chi connectivity index (χ0) is 18.5. The lowest BCUT2D eigenvalue weighted by Gasteiger charge is -2.16. The summed E-state index contributed by atoms with van der Waals surface area (Å²) in [5.41, 5.74) is 2.68. The van der Waals surface area contributed by atoms with Crippen LogP contribution < -0.4 is 5.32 Å². The topological polar surface area (TPSA) is 58.1 Å². The number of anilines is 1. The van der Waals surface area contributed by atoms with E-state index in [1.807, 2.05) is 48.8 Å². The van der Waals surface area contributed by atoms with Crippen LogP contribution in [0.25, 0.3) is 11.4 Å². The highest BCUT2D eigenvalue weighted by molar-refractivity contribution is 7.07. The molecule has 5 nitrogen and oxygen atoms in total. The van der Waals surface area contributed by atoms with Crippen LogP contribution in [0.5, 0.6) is 0 Å². The monoisotopic (exact) mass is 366 g/mol. The molecule has 6 heteroatoms. The third kappa shape index (κ3) is 4.46. The van der Waals surface area contributed by atoms with Gasteiger partial charge in [-0.05, 0) is 54.4 Å². The van der Waals surface area contributed by atoms with Gasteiger partial charge in [0.2, 0.25) is 0 Å². The molecule has 0 atom stereocenters. The summed E-state index contributed by atoms with van der Waals surface area (Å²) in [6.07, 6.45) is 1.74. The highest BCUT2D eigenvalue weighted by atomic mass is 32.1. The zero-order valence-corrected chi connectivity index (χ0v) is 16.0. The Bertz CT molecular complexity index is 860. The van der Waals surface area contributed by atoms with Gasteiger partial charge < -0.3 is 10.2 Å². The van der Waals surface area contributed by atoms with Crippen LogP contribution in [0.2, 0.25) is 0 Å². The second-order valence-corrected chi connectivity index (χ2v) is 7.21. The number of benzene rings is 1. The van der Waals surface area contributed by atoms with E-state index in [-0.39, 0.29) is 5.91 Å². The van der Waals surface area contributed by atoms with Crippen molar-refractivity contribution in [2.75, 3.05) is 12.4 Å². The summed E-state index contributed by atoms with van der Waals surface area (Å²) in [6, 6.07) is 11.6. The molecule has 0 aliphatic heterocycles. The Balaban J connectivity index is 1.73. The SMILES string of the molecule is CC(C)Nc1ccnc(-c2ccc(C(=O)N(C)Cc3ccsc3)cc2)n1. The quantitative estimate of drug-likeness (QED) is 0.707. The van der Waals surface area contributed by atoms with Crippen LogP contribution in [-0.2, 0) is 6.54 Å². The summed E-state index contributed by atoms with van der Waals surface area (Å²) < 4.78 is 0. The Hall–Kier alpha value is -2.73. The maximum atomic E-state index is 12.6. The molecule has 134 valence electrons. The van der Waals surface area contributed by atoms with E-state index in [1.54, 1.807) is 22.4 Å². The van der Waals surface area contributed by atoms with Crippen molar-refractivity contribution in [1.82, 2.24) is 14.9 Å². The number of nitrogens with zero attached hydrogens (tertiary/aromatic N) is 3. The van der Waals surface area contributed by atoms with Crippen LogP contribution in [0.4, 0.5) is 5.82 Å². The van der Waals surface area contributed by atoms with Gasteiger partial charge in [-0.25, -0.2) is 9.97 Å². The van der Waals surface area contributed by atoms with Crippen LogP contribution in [0.1, 0.15) is 29.8 Å². The van der Waals surface area contributed by atoms with Gasteiger partial charge in [-0.2, -0.15) is 11.3 Å². The van der Waals surface area contributed by atoms with Gasteiger partial charge in [-0.3, -0.25) is 4.79 Å². The maximum Gasteiger partial charge on any atom is 0.253 e. The molecule has 26 heavy (non-hydrogen) atoms. The molecule has 1 amide bonds. The van der Waals surface area contributed by atoms with Gasteiger partial charge in [0.1, 0.15) is 5.82 Å². The number of hydrogen-bond acceptors (Lipinski definition) is 5. The normalized spacial score (nSPS) is 10.8. The Morgan fingerprint density at radius 2 is 1.96 bits per heavy atom. The molecule has 1 aromatic carbocycles. The number of amides is 1. The molecule has 2 aromatic heterocycles. The van der Waals surface area contributed by atoms with Crippen molar-refractivity contribution in [1.29, 1.82) is 0 Å². The lowest BCUT2D eigenvalue weighted by atomic mass is 10.1. The number of carbonyl (C=O) groups excluding carboxylic acids is 1. The number of nitrogens with one attached hydrogen (secondary N) is 1. The molecular weight excluding hydrogens is 344 g/mol. The first kappa shape index (κ1) is 18.1. The van der Waals surface area contributed by atoms with Crippen LogP contribution in [0.15, 0.2) is 53.4 Å². The van der Waals surface area contributed by atoms with E-state index in [9.17, 15) is 4.79 Å². The first-order valence-electron chi connectivity index (χ1n) is 8.49. The molecule has 3 aromatic rings. The largest absolute Gasteiger partial charge is 0.368 e. The van der Waals surface area contributed by atoms with Crippen molar-refractivity contribution in [3.8, 4) is 11.4 Å². The summed E-state index contributed by atoms with van der Waals surface area (Å²) in [6.45, 7) is 4.74. The van der Waals surface area contributed by atoms with E-state index in [2.05, 4.69) is 34.5 Å². The van der Waals surface area contributed by atoms with Gasteiger partial charge in [0.05, 0.1) is 0 Å². The molecule has 0 aliphatic carbocycles. The molecule has 0 saturated heterocycles. The number of rotatable bonds is 6. The van der Waals surface area contributed by atoms with E-state index in [1.165, 1.54) is 0 Å². The molecule has 0 spiro atoms. The van der Waals surface area contributed by atoms with Gasteiger partial charge in [0.15, 0.2) is 5.82 Å². The van der Waals surface area contributed by atoms with E-state index < -0.39 is 0 Å². The van der Waals surface area contributed by atoms with Crippen molar-refractivity contribution < 1.29 is 4.79 Å². The fourth-order valence-electron chi connectivity index (χ4n) is 2.58. The summed E-state index contributed by atoms with van der Waals surface area (Å²) >= 11 is 1.64. The average Bonchev–Trinajstić information content (AvgIpc) is 3.14. The first-order chi connectivity index (χ1) is 12.5. The number of hydrogen-bond donors (Lipinski definition) is 1. The third-order valence-electron chi connectivity index (χ3n) is 3.83. The molecule has 0 radical (unpaired) electrons. The van der Waals surface area contributed by atoms with Gasteiger partial charge in [-0.1, -0.05) is 12.1 Å². The zero-order valence-electron chi connectivity index (χ0n) is 15.1. The fraction of sp³-hybridized carbons (Fsp3) is 0.250. The Kier molecular flexibility index (Phi) is 5.63. The number of thiophene rings is 1. The predicted molar refractivity (Wildman–Crippen MR) is 106 cm³/mol. The second kappa shape index (κ2) is 8.10. The summed E-state index contributed by atoms with van der Waals surface area (Å²) in [5.74, 6) is 1.43.